The molecule has 0 aliphatic carbocycles. The van der Waals surface area contributed by atoms with Crippen LogP contribution in [0, 0.1) is 0 Å². The van der Waals surface area contributed by atoms with Crippen molar-refractivity contribution < 1.29 is 4.74 Å². The number of halogens is 1. The third kappa shape index (κ3) is 5.09. The number of rotatable bonds is 8. The number of hydrogen-bond donors (Lipinski definition) is 0. The first-order valence-corrected chi connectivity index (χ1v) is 11.1. The summed E-state index contributed by atoms with van der Waals surface area (Å²) in [6.07, 6.45) is 11.2. The summed E-state index contributed by atoms with van der Waals surface area (Å²) in [5.74, 6) is 0.817. The number of hydrogen-bond acceptors (Lipinski definition) is 3. The topological polar surface area (TPSA) is 25.4 Å². The second-order valence-corrected chi connectivity index (χ2v) is 8.25. The molecule has 0 unspecified atom stereocenters. The van der Waals surface area contributed by atoms with Crippen LogP contribution in [0.3, 0.4) is 0 Å². The number of likely N-dealkylation sites (tertiary alicyclic amines) is 1. The molecule has 1 fully saturated rings. The molecule has 1 aliphatic heterocycles. The first-order chi connectivity index (χ1) is 14.3. The average Bonchev–Trinajstić information content (AvgIpc) is 2.78. The first kappa shape index (κ1) is 20.2. The third-order valence-corrected chi connectivity index (χ3v) is 6.15. The molecule has 4 heteroatoms. The second kappa shape index (κ2) is 10.1. The van der Waals surface area contributed by atoms with Crippen molar-refractivity contribution in [1.29, 1.82) is 0 Å². The van der Waals surface area contributed by atoms with Gasteiger partial charge < -0.3 is 4.74 Å². The van der Waals surface area contributed by atoms with Crippen molar-refractivity contribution >= 4 is 22.4 Å². The van der Waals surface area contributed by atoms with Gasteiger partial charge in [0.2, 0.25) is 0 Å². The Hall–Kier alpha value is -2.10. The molecule has 1 atom stereocenters. The second-order valence-electron chi connectivity index (χ2n) is 7.84. The van der Waals surface area contributed by atoms with E-state index in [0.717, 1.165) is 24.1 Å². The lowest BCUT2D eigenvalue weighted by Gasteiger charge is -2.36. The molecule has 0 radical (unpaired) electrons. The van der Waals surface area contributed by atoms with Crippen LogP contribution < -0.4 is 4.74 Å². The molecule has 2 aromatic carbocycles. The molecule has 1 aliphatic rings. The fraction of sp³-hybridized carbons (Fsp3) is 0.400. The Balaban J connectivity index is 1.25. The largest absolute Gasteiger partial charge is 0.491 e. The SMILES string of the molecule is Clc1ccc2ccccc2c1OCCCCCN1CCCC[C@H]1c1cccnc1. The highest BCUT2D eigenvalue weighted by atomic mass is 35.5. The summed E-state index contributed by atoms with van der Waals surface area (Å²) in [6.45, 7) is 3.05. The van der Waals surface area contributed by atoms with Gasteiger partial charge in [-0.3, -0.25) is 9.88 Å². The summed E-state index contributed by atoms with van der Waals surface area (Å²) in [5, 5.41) is 2.95. The maximum Gasteiger partial charge on any atom is 0.145 e. The average molecular weight is 409 g/mol. The van der Waals surface area contributed by atoms with Gasteiger partial charge in [0, 0.05) is 23.8 Å². The summed E-state index contributed by atoms with van der Waals surface area (Å²) in [5.41, 5.74) is 1.36. The van der Waals surface area contributed by atoms with Crippen LogP contribution in [0.15, 0.2) is 60.9 Å². The maximum absolute atomic E-state index is 6.38. The van der Waals surface area contributed by atoms with Crippen molar-refractivity contribution in [3.8, 4) is 5.75 Å². The summed E-state index contributed by atoms with van der Waals surface area (Å²) in [6, 6.07) is 17.0. The van der Waals surface area contributed by atoms with E-state index in [2.05, 4.69) is 34.1 Å². The maximum atomic E-state index is 6.38. The van der Waals surface area contributed by atoms with Crippen molar-refractivity contribution in [3.63, 3.8) is 0 Å². The minimum Gasteiger partial charge on any atom is -0.491 e. The van der Waals surface area contributed by atoms with Crippen LogP contribution in [0.5, 0.6) is 5.75 Å². The van der Waals surface area contributed by atoms with Gasteiger partial charge in [0.25, 0.3) is 0 Å². The monoisotopic (exact) mass is 408 g/mol. The third-order valence-electron chi connectivity index (χ3n) is 5.85. The standard InChI is InChI=1S/C25H29ClN2O/c26-23-14-13-20-9-2-3-11-22(20)25(23)29-18-7-1-5-16-28-17-6-4-12-24(28)21-10-8-15-27-19-21/h2-3,8-11,13-15,19,24H,1,4-7,12,16-18H2/t24-/m0/s1. The van der Waals surface area contributed by atoms with E-state index in [1.165, 1.54) is 49.6 Å². The van der Waals surface area contributed by atoms with Gasteiger partial charge in [-0.05, 0) is 68.3 Å². The number of aromatic nitrogens is 1. The molecule has 29 heavy (non-hydrogen) atoms. The molecular formula is C25H29ClN2O. The van der Waals surface area contributed by atoms with Crippen LogP contribution >= 0.6 is 11.6 Å². The van der Waals surface area contributed by atoms with Gasteiger partial charge in [0.1, 0.15) is 5.75 Å². The van der Waals surface area contributed by atoms with E-state index in [4.69, 9.17) is 16.3 Å². The van der Waals surface area contributed by atoms with E-state index in [1.807, 2.05) is 36.7 Å². The molecule has 1 saturated heterocycles. The fourth-order valence-electron chi connectivity index (χ4n) is 4.34. The Morgan fingerprint density at radius 1 is 1.00 bits per heavy atom. The van der Waals surface area contributed by atoms with Crippen molar-refractivity contribution in [1.82, 2.24) is 9.88 Å². The Morgan fingerprint density at radius 3 is 2.83 bits per heavy atom. The van der Waals surface area contributed by atoms with Crippen molar-refractivity contribution in [2.45, 2.75) is 44.6 Å². The van der Waals surface area contributed by atoms with Crippen molar-refractivity contribution in [2.24, 2.45) is 0 Å². The number of piperidine rings is 1. The van der Waals surface area contributed by atoms with E-state index < -0.39 is 0 Å². The summed E-state index contributed by atoms with van der Waals surface area (Å²) in [4.78, 5) is 6.96. The number of benzene rings is 2. The van der Waals surface area contributed by atoms with Crippen LogP contribution in [0.1, 0.15) is 50.1 Å². The fourth-order valence-corrected chi connectivity index (χ4v) is 4.56. The summed E-state index contributed by atoms with van der Waals surface area (Å²) < 4.78 is 6.08. The minimum absolute atomic E-state index is 0.531. The molecule has 0 saturated carbocycles. The van der Waals surface area contributed by atoms with Gasteiger partial charge in [0.05, 0.1) is 11.6 Å². The number of ether oxygens (including phenoxy) is 1. The summed E-state index contributed by atoms with van der Waals surface area (Å²) in [7, 11) is 0. The smallest absolute Gasteiger partial charge is 0.145 e. The lowest BCUT2D eigenvalue weighted by Crippen LogP contribution is -2.34. The molecular weight excluding hydrogens is 380 g/mol. The van der Waals surface area contributed by atoms with Gasteiger partial charge in [0.15, 0.2) is 0 Å². The highest BCUT2D eigenvalue weighted by Gasteiger charge is 2.23. The van der Waals surface area contributed by atoms with Crippen LogP contribution in [0.25, 0.3) is 10.8 Å². The van der Waals surface area contributed by atoms with Gasteiger partial charge in [-0.15, -0.1) is 0 Å². The van der Waals surface area contributed by atoms with Crippen molar-refractivity contribution in [2.75, 3.05) is 19.7 Å². The summed E-state index contributed by atoms with van der Waals surface area (Å²) >= 11 is 6.38. The van der Waals surface area contributed by atoms with Gasteiger partial charge in [-0.2, -0.15) is 0 Å². The zero-order valence-corrected chi connectivity index (χ0v) is 17.7. The Kier molecular flexibility index (Phi) is 7.02. The highest BCUT2D eigenvalue weighted by molar-refractivity contribution is 6.33. The van der Waals surface area contributed by atoms with E-state index >= 15 is 0 Å². The van der Waals surface area contributed by atoms with E-state index in [0.29, 0.717) is 17.7 Å². The van der Waals surface area contributed by atoms with Gasteiger partial charge in [-0.1, -0.05) is 54.4 Å². The van der Waals surface area contributed by atoms with Crippen LogP contribution in [0.4, 0.5) is 0 Å². The first-order valence-electron chi connectivity index (χ1n) is 10.8. The molecule has 0 spiro atoms. The number of nitrogens with zero attached hydrogens (tertiary/aromatic N) is 2. The molecule has 0 bridgehead atoms. The highest BCUT2D eigenvalue weighted by Crippen LogP contribution is 2.34. The number of pyridine rings is 1. The molecule has 152 valence electrons. The lowest BCUT2D eigenvalue weighted by molar-refractivity contribution is 0.144. The number of fused-ring (bicyclic) bond motifs is 1. The lowest BCUT2D eigenvalue weighted by atomic mass is 9.96. The molecule has 1 aromatic heterocycles. The van der Waals surface area contributed by atoms with E-state index in [1.54, 1.807) is 0 Å². The quantitative estimate of drug-likeness (QED) is 0.389. The predicted octanol–water partition coefficient (Wildman–Crippen LogP) is 6.66. The van der Waals surface area contributed by atoms with E-state index in [-0.39, 0.29) is 0 Å². The van der Waals surface area contributed by atoms with Crippen molar-refractivity contribution in [3.05, 3.63) is 71.5 Å². The Morgan fingerprint density at radius 2 is 1.93 bits per heavy atom. The van der Waals surface area contributed by atoms with E-state index in [9.17, 15) is 0 Å². The molecule has 0 N–H and O–H groups in total. The molecule has 3 aromatic rings. The zero-order valence-electron chi connectivity index (χ0n) is 16.9. The van der Waals surface area contributed by atoms with Crippen LogP contribution in [-0.2, 0) is 0 Å². The van der Waals surface area contributed by atoms with Gasteiger partial charge >= 0.3 is 0 Å². The van der Waals surface area contributed by atoms with Gasteiger partial charge in [-0.25, -0.2) is 0 Å². The Bertz CT molecular complexity index is 915. The molecule has 3 nitrogen and oxygen atoms in total. The zero-order chi connectivity index (χ0) is 19.9. The Labute approximate surface area is 178 Å². The minimum atomic E-state index is 0.531. The molecule has 0 amide bonds. The van der Waals surface area contributed by atoms with Crippen LogP contribution in [-0.4, -0.2) is 29.6 Å². The predicted molar refractivity (Wildman–Crippen MR) is 121 cm³/mol. The molecule has 2 heterocycles. The number of unbranched alkanes of at least 4 members (excludes halogenated alkanes) is 2. The van der Waals surface area contributed by atoms with Crippen LogP contribution in [0.2, 0.25) is 5.02 Å². The normalized spacial score (nSPS) is 17.5. The molecule has 4 rings (SSSR count).